The number of allylic oxidation sites excluding steroid dienone is 2. The van der Waals surface area contributed by atoms with E-state index in [9.17, 15) is 4.79 Å². The third-order valence-electron chi connectivity index (χ3n) is 1.79. The number of hydrogen-bond acceptors (Lipinski definition) is 1. The summed E-state index contributed by atoms with van der Waals surface area (Å²) in [6.07, 6.45) is 6.34. The third kappa shape index (κ3) is 5.37. The van der Waals surface area contributed by atoms with E-state index in [0.29, 0.717) is 5.46 Å². The molecule has 5 heteroatoms. The van der Waals surface area contributed by atoms with Crippen LogP contribution in [0.3, 0.4) is 0 Å². The number of guanidine groups is 1. The van der Waals surface area contributed by atoms with Crippen LogP contribution in [0.5, 0.6) is 0 Å². The van der Waals surface area contributed by atoms with Gasteiger partial charge in [-0.2, -0.15) is 4.99 Å². The fraction of sp³-hybridized carbons (Fsp3) is 0. The van der Waals surface area contributed by atoms with Crippen LogP contribution in [0.25, 0.3) is 6.08 Å². The Balaban J connectivity index is 2.59. The van der Waals surface area contributed by atoms with Crippen molar-refractivity contribution in [2.75, 3.05) is 0 Å². The van der Waals surface area contributed by atoms with Gasteiger partial charge in [0.2, 0.25) is 0 Å². The van der Waals surface area contributed by atoms with E-state index in [1.54, 1.807) is 18.2 Å². The molecule has 17 heavy (non-hydrogen) atoms. The molecule has 1 amide bonds. The van der Waals surface area contributed by atoms with Crippen molar-refractivity contribution in [2.45, 2.75) is 0 Å². The molecule has 0 unspecified atom stereocenters. The van der Waals surface area contributed by atoms with Crippen molar-refractivity contribution in [1.29, 1.82) is 0 Å². The molecule has 0 atom stereocenters. The first-order valence-corrected chi connectivity index (χ1v) is 4.92. The van der Waals surface area contributed by atoms with Gasteiger partial charge in [0.05, 0.1) is 0 Å². The van der Waals surface area contributed by atoms with Gasteiger partial charge < -0.3 is 11.5 Å². The average molecular weight is 225 g/mol. The SMILES string of the molecule is [B]c1cccc(/C=C/C=C/C(=O)N=C(N)N)c1. The highest BCUT2D eigenvalue weighted by atomic mass is 16.1. The minimum atomic E-state index is -0.498. The molecule has 0 aliphatic rings. The Morgan fingerprint density at radius 1 is 1.29 bits per heavy atom. The fourth-order valence-corrected chi connectivity index (χ4v) is 1.13. The molecule has 4 N–H and O–H groups in total. The number of carbonyl (C=O) groups is 1. The lowest BCUT2D eigenvalue weighted by Gasteiger charge is -1.94. The zero-order chi connectivity index (χ0) is 12.7. The summed E-state index contributed by atoms with van der Waals surface area (Å²) in [4.78, 5) is 14.4. The van der Waals surface area contributed by atoms with Gasteiger partial charge in [-0.25, -0.2) is 0 Å². The van der Waals surface area contributed by atoms with E-state index in [0.717, 1.165) is 5.56 Å². The van der Waals surface area contributed by atoms with Crippen LogP contribution >= 0.6 is 0 Å². The van der Waals surface area contributed by atoms with E-state index in [1.165, 1.54) is 6.08 Å². The molecule has 0 aliphatic carbocycles. The Labute approximate surface area is 101 Å². The number of hydrogen-bond donors (Lipinski definition) is 2. The second-order valence-electron chi connectivity index (χ2n) is 3.26. The van der Waals surface area contributed by atoms with E-state index < -0.39 is 5.91 Å². The van der Waals surface area contributed by atoms with Crippen molar-refractivity contribution < 1.29 is 4.79 Å². The first-order valence-electron chi connectivity index (χ1n) is 4.92. The topological polar surface area (TPSA) is 81.5 Å². The first-order chi connectivity index (χ1) is 8.08. The molecule has 0 heterocycles. The Morgan fingerprint density at radius 2 is 2.06 bits per heavy atom. The maximum atomic E-state index is 11.0. The number of amides is 1. The van der Waals surface area contributed by atoms with E-state index >= 15 is 0 Å². The summed E-state index contributed by atoms with van der Waals surface area (Å²) in [5.74, 6) is -0.748. The highest BCUT2D eigenvalue weighted by Crippen LogP contribution is 1.99. The molecule has 0 bridgehead atoms. The lowest BCUT2D eigenvalue weighted by atomic mass is 9.94. The third-order valence-corrected chi connectivity index (χ3v) is 1.79. The summed E-state index contributed by atoms with van der Waals surface area (Å²) in [6, 6.07) is 7.37. The molecule has 0 aromatic heterocycles. The quantitative estimate of drug-likeness (QED) is 0.247. The summed E-state index contributed by atoms with van der Waals surface area (Å²) in [6.45, 7) is 0. The zero-order valence-corrected chi connectivity index (χ0v) is 9.21. The van der Waals surface area contributed by atoms with Crippen molar-refractivity contribution in [1.82, 2.24) is 0 Å². The minimum Gasteiger partial charge on any atom is -0.370 e. The molecule has 0 fully saturated rings. The van der Waals surface area contributed by atoms with E-state index in [-0.39, 0.29) is 5.96 Å². The highest BCUT2D eigenvalue weighted by molar-refractivity contribution is 6.32. The van der Waals surface area contributed by atoms with E-state index in [4.69, 9.17) is 19.3 Å². The predicted octanol–water partition coefficient (Wildman–Crippen LogP) is -0.150. The molecule has 0 saturated carbocycles. The Bertz CT molecular complexity index is 488. The smallest absolute Gasteiger partial charge is 0.272 e. The van der Waals surface area contributed by atoms with Gasteiger partial charge in [-0.15, -0.1) is 0 Å². The van der Waals surface area contributed by atoms with Crippen molar-refractivity contribution in [3.63, 3.8) is 0 Å². The van der Waals surface area contributed by atoms with Gasteiger partial charge in [-0.05, 0) is 5.56 Å². The zero-order valence-electron chi connectivity index (χ0n) is 9.21. The number of aliphatic imine (C=N–C) groups is 1. The second-order valence-corrected chi connectivity index (χ2v) is 3.26. The van der Waals surface area contributed by atoms with Gasteiger partial charge in [0.1, 0.15) is 7.85 Å². The van der Waals surface area contributed by atoms with Gasteiger partial charge in [-0.3, -0.25) is 4.79 Å². The van der Waals surface area contributed by atoms with Crippen LogP contribution in [0.15, 0.2) is 47.5 Å². The number of nitrogens with zero attached hydrogens (tertiary/aromatic N) is 1. The summed E-state index contributed by atoms with van der Waals surface area (Å²) in [5.41, 5.74) is 11.7. The number of nitrogens with two attached hydrogens (primary N) is 2. The van der Waals surface area contributed by atoms with Crippen molar-refractivity contribution in [3.8, 4) is 0 Å². The van der Waals surface area contributed by atoms with Crippen molar-refractivity contribution in [2.24, 2.45) is 16.5 Å². The summed E-state index contributed by atoms with van der Waals surface area (Å²) < 4.78 is 0. The van der Waals surface area contributed by atoms with Gasteiger partial charge in [0.25, 0.3) is 5.91 Å². The largest absolute Gasteiger partial charge is 0.370 e. The molecule has 1 aromatic carbocycles. The summed E-state index contributed by atoms with van der Waals surface area (Å²) in [5, 5.41) is 0. The first kappa shape index (κ1) is 12.8. The predicted molar refractivity (Wildman–Crippen MR) is 70.8 cm³/mol. The van der Waals surface area contributed by atoms with E-state index in [2.05, 4.69) is 4.99 Å². The van der Waals surface area contributed by atoms with Gasteiger partial charge in [0.15, 0.2) is 5.96 Å². The molecule has 0 saturated heterocycles. The second kappa shape index (κ2) is 6.32. The molecular weight excluding hydrogens is 213 g/mol. The van der Waals surface area contributed by atoms with Gasteiger partial charge in [0, 0.05) is 6.08 Å². The van der Waals surface area contributed by atoms with Crippen LogP contribution in [0.1, 0.15) is 5.56 Å². The molecule has 0 aliphatic heterocycles. The molecule has 2 radical (unpaired) electrons. The van der Waals surface area contributed by atoms with Crippen LogP contribution in [0.2, 0.25) is 0 Å². The Kier molecular flexibility index (Phi) is 4.75. The molecule has 0 spiro atoms. The minimum absolute atomic E-state index is 0.250. The average Bonchev–Trinajstić information content (AvgIpc) is 2.23. The lowest BCUT2D eigenvalue weighted by Crippen LogP contribution is -2.23. The highest BCUT2D eigenvalue weighted by Gasteiger charge is 1.90. The fourth-order valence-electron chi connectivity index (χ4n) is 1.13. The number of benzene rings is 1. The standard InChI is InChI=1S/C12H12BN3O/c13-10-6-3-5-9(8-10)4-1-2-7-11(17)16-12(14)15/h1-8H,(H4,14,15,16,17)/b4-1+,7-2+. The van der Waals surface area contributed by atoms with Crippen molar-refractivity contribution >= 4 is 31.3 Å². The number of rotatable bonds is 3. The van der Waals surface area contributed by atoms with Crippen LogP contribution in [-0.4, -0.2) is 19.7 Å². The van der Waals surface area contributed by atoms with Crippen LogP contribution in [-0.2, 0) is 4.79 Å². The molecule has 84 valence electrons. The maximum absolute atomic E-state index is 11.0. The molecule has 4 nitrogen and oxygen atoms in total. The normalized spacial score (nSPS) is 10.8. The van der Waals surface area contributed by atoms with Gasteiger partial charge >= 0.3 is 0 Å². The molecule has 1 rings (SSSR count). The monoisotopic (exact) mass is 225 g/mol. The van der Waals surface area contributed by atoms with Crippen LogP contribution < -0.4 is 16.9 Å². The lowest BCUT2D eigenvalue weighted by molar-refractivity contribution is -0.113. The Morgan fingerprint density at radius 3 is 2.71 bits per heavy atom. The number of carbonyl (C=O) groups excluding carboxylic acids is 1. The maximum Gasteiger partial charge on any atom is 0.272 e. The summed E-state index contributed by atoms with van der Waals surface area (Å²) >= 11 is 0. The van der Waals surface area contributed by atoms with Crippen LogP contribution in [0, 0.1) is 0 Å². The van der Waals surface area contributed by atoms with Gasteiger partial charge in [-0.1, -0.05) is 48.0 Å². The Hall–Kier alpha value is -2.30. The van der Waals surface area contributed by atoms with Crippen LogP contribution in [0.4, 0.5) is 0 Å². The molecular formula is C12H12BN3O. The van der Waals surface area contributed by atoms with Crippen molar-refractivity contribution in [3.05, 3.63) is 48.1 Å². The molecule has 1 aromatic rings. The van der Waals surface area contributed by atoms with E-state index in [1.807, 2.05) is 24.3 Å². The summed E-state index contributed by atoms with van der Waals surface area (Å²) in [7, 11) is 5.61.